The van der Waals surface area contributed by atoms with Gasteiger partial charge in [0.1, 0.15) is 5.82 Å². The van der Waals surface area contributed by atoms with Crippen molar-refractivity contribution in [1.29, 1.82) is 0 Å². The van der Waals surface area contributed by atoms with E-state index >= 15 is 0 Å². The molecule has 90 valence electrons. The van der Waals surface area contributed by atoms with Gasteiger partial charge in [0.15, 0.2) is 0 Å². The van der Waals surface area contributed by atoms with E-state index in [1.54, 1.807) is 0 Å². The molecule has 1 fully saturated rings. The highest BCUT2D eigenvalue weighted by Crippen LogP contribution is 2.21. The largest absolute Gasteiger partial charge is 0.334 e. The predicted octanol–water partition coefficient (Wildman–Crippen LogP) is 1.92. The summed E-state index contributed by atoms with van der Waals surface area (Å²) in [4.78, 5) is 4.22. The van der Waals surface area contributed by atoms with Crippen LogP contribution in [0.3, 0.4) is 0 Å². The molecule has 0 spiro atoms. The topological polar surface area (TPSA) is 29.9 Å². The Morgan fingerprint density at radius 1 is 1.50 bits per heavy atom. The summed E-state index contributed by atoms with van der Waals surface area (Å²) in [6.45, 7) is 5.33. The fourth-order valence-electron chi connectivity index (χ4n) is 2.10. The van der Waals surface area contributed by atoms with E-state index < -0.39 is 0 Å². The van der Waals surface area contributed by atoms with Gasteiger partial charge < -0.3 is 9.88 Å². The molecule has 0 bridgehead atoms. The van der Waals surface area contributed by atoms with E-state index in [0.29, 0.717) is 0 Å². The lowest BCUT2D eigenvalue weighted by atomic mass is 10.0. The molecule has 3 nitrogen and oxygen atoms in total. The summed E-state index contributed by atoms with van der Waals surface area (Å²) in [6, 6.07) is 0. The van der Waals surface area contributed by atoms with Crippen LogP contribution in [0.1, 0.15) is 18.7 Å². The van der Waals surface area contributed by atoms with Crippen LogP contribution in [0.15, 0.2) is 12.4 Å². The van der Waals surface area contributed by atoms with E-state index in [0.717, 1.165) is 24.8 Å². The maximum atomic E-state index is 4.22. The summed E-state index contributed by atoms with van der Waals surface area (Å²) in [5, 5.41) is 3.56. The number of nitrogens with zero attached hydrogens (tertiary/aromatic N) is 2. The maximum Gasteiger partial charge on any atom is 0.105 e. The second-order valence-electron chi connectivity index (χ2n) is 4.43. The van der Waals surface area contributed by atoms with Gasteiger partial charge in [-0.3, -0.25) is 0 Å². The highest BCUT2D eigenvalue weighted by atomic mass is 32.2. The number of aromatic nitrogens is 2. The molecule has 1 aromatic rings. The van der Waals surface area contributed by atoms with Gasteiger partial charge in [0.05, 0.1) is 0 Å². The van der Waals surface area contributed by atoms with Gasteiger partial charge in [0.25, 0.3) is 0 Å². The molecule has 0 amide bonds. The maximum absolute atomic E-state index is 4.22. The molecular weight excluding hydrogens is 218 g/mol. The van der Waals surface area contributed by atoms with Crippen molar-refractivity contribution in [3.8, 4) is 0 Å². The molecule has 0 saturated carbocycles. The molecular formula is C12H21N3S. The second-order valence-corrected chi connectivity index (χ2v) is 5.65. The molecule has 0 radical (unpaired) electrons. The van der Waals surface area contributed by atoms with E-state index in [4.69, 9.17) is 0 Å². The summed E-state index contributed by atoms with van der Waals surface area (Å²) < 4.78 is 2.20. The lowest BCUT2D eigenvalue weighted by Gasteiger charge is -2.21. The first-order chi connectivity index (χ1) is 7.86. The molecule has 1 aliphatic rings. The number of nitrogens with one attached hydrogen (secondary N) is 1. The molecule has 1 aliphatic heterocycles. The highest BCUT2D eigenvalue weighted by molar-refractivity contribution is 7.99. The van der Waals surface area contributed by atoms with Gasteiger partial charge in [-0.1, -0.05) is 0 Å². The third-order valence-electron chi connectivity index (χ3n) is 3.23. The van der Waals surface area contributed by atoms with Crippen LogP contribution in [-0.4, -0.2) is 34.1 Å². The minimum Gasteiger partial charge on any atom is -0.334 e. The van der Waals surface area contributed by atoms with Crippen LogP contribution >= 0.6 is 11.8 Å². The Bertz CT molecular complexity index is 305. The third kappa shape index (κ3) is 3.52. The Labute approximate surface area is 102 Å². The van der Waals surface area contributed by atoms with Gasteiger partial charge in [-0.25, -0.2) is 4.98 Å². The van der Waals surface area contributed by atoms with E-state index in [9.17, 15) is 0 Å². The van der Waals surface area contributed by atoms with Crippen LogP contribution in [0.4, 0.5) is 0 Å². The van der Waals surface area contributed by atoms with Crippen molar-refractivity contribution in [2.45, 2.75) is 26.3 Å². The average Bonchev–Trinajstić information content (AvgIpc) is 2.72. The van der Waals surface area contributed by atoms with Crippen LogP contribution in [0.2, 0.25) is 0 Å². The molecule has 2 rings (SSSR count). The minimum absolute atomic E-state index is 0.908. The van der Waals surface area contributed by atoms with E-state index in [2.05, 4.69) is 33.6 Å². The molecule has 1 N–H and O–H groups in total. The number of imidazole rings is 1. The summed E-state index contributed by atoms with van der Waals surface area (Å²) >= 11 is 2.10. The fraction of sp³-hybridized carbons (Fsp3) is 0.750. The summed E-state index contributed by atoms with van der Waals surface area (Å²) in [5.41, 5.74) is 0. The van der Waals surface area contributed by atoms with Gasteiger partial charge in [-0.15, -0.1) is 0 Å². The smallest absolute Gasteiger partial charge is 0.105 e. The summed E-state index contributed by atoms with van der Waals surface area (Å²) in [6.07, 6.45) is 6.70. The van der Waals surface area contributed by atoms with E-state index in [-0.39, 0.29) is 0 Å². The summed E-state index contributed by atoms with van der Waals surface area (Å²) in [7, 11) is 0. The zero-order chi connectivity index (χ0) is 11.2. The Balaban J connectivity index is 1.59. The fourth-order valence-corrected chi connectivity index (χ4v) is 3.30. The van der Waals surface area contributed by atoms with E-state index in [1.807, 2.05) is 12.4 Å². The standard InChI is InChI=1S/C12H21N3S/c1-11-14-5-7-15(11)6-4-13-10-12-2-8-16-9-3-12/h5,7,12-13H,2-4,6,8-10H2,1H3. The molecule has 1 saturated heterocycles. The monoisotopic (exact) mass is 239 g/mol. The van der Waals surface area contributed by atoms with Crippen molar-refractivity contribution < 1.29 is 0 Å². The average molecular weight is 239 g/mol. The lowest BCUT2D eigenvalue weighted by molar-refractivity contribution is 0.439. The number of hydrogen-bond donors (Lipinski definition) is 1. The zero-order valence-corrected chi connectivity index (χ0v) is 10.8. The van der Waals surface area contributed by atoms with Crippen LogP contribution in [-0.2, 0) is 6.54 Å². The van der Waals surface area contributed by atoms with Gasteiger partial charge >= 0.3 is 0 Å². The number of aryl methyl sites for hydroxylation is 1. The van der Waals surface area contributed by atoms with Crippen molar-refractivity contribution in [2.24, 2.45) is 5.92 Å². The Morgan fingerprint density at radius 3 is 3.00 bits per heavy atom. The third-order valence-corrected chi connectivity index (χ3v) is 4.28. The normalized spacial score (nSPS) is 17.8. The molecule has 16 heavy (non-hydrogen) atoms. The Morgan fingerprint density at radius 2 is 2.31 bits per heavy atom. The molecule has 2 heterocycles. The molecule has 1 aromatic heterocycles. The quantitative estimate of drug-likeness (QED) is 0.796. The molecule has 0 aliphatic carbocycles. The first-order valence-corrected chi connectivity index (χ1v) is 7.28. The molecule has 0 atom stereocenters. The van der Waals surface area contributed by atoms with Gasteiger partial charge in [0.2, 0.25) is 0 Å². The van der Waals surface area contributed by atoms with Crippen molar-refractivity contribution >= 4 is 11.8 Å². The SMILES string of the molecule is Cc1nccn1CCNCC1CCSCC1. The minimum atomic E-state index is 0.908. The number of rotatable bonds is 5. The molecule has 0 unspecified atom stereocenters. The van der Waals surface area contributed by atoms with Crippen molar-refractivity contribution in [2.75, 3.05) is 24.6 Å². The highest BCUT2D eigenvalue weighted by Gasteiger charge is 2.12. The van der Waals surface area contributed by atoms with Gasteiger partial charge in [0, 0.05) is 25.5 Å². The van der Waals surface area contributed by atoms with Crippen molar-refractivity contribution in [3.05, 3.63) is 18.2 Å². The van der Waals surface area contributed by atoms with Crippen LogP contribution in [0.25, 0.3) is 0 Å². The van der Waals surface area contributed by atoms with Crippen LogP contribution in [0, 0.1) is 12.8 Å². The number of hydrogen-bond acceptors (Lipinski definition) is 3. The first-order valence-electron chi connectivity index (χ1n) is 6.12. The van der Waals surface area contributed by atoms with Crippen LogP contribution < -0.4 is 5.32 Å². The van der Waals surface area contributed by atoms with E-state index in [1.165, 1.54) is 30.9 Å². The predicted molar refractivity (Wildman–Crippen MR) is 69.9 cm³/mol. The van der Waals surface area contributed by atoms with Crippen molar-refractivity contribution in [3.63, 3.8) is 0 Å². The van der Waals surface area contributed by atoms with Gasteiger partial charge in [-0.05, 0) is 43.7 Å². The Kier molecular flexibility index (Phi) is 4.72. The van der Waals surface area contributed by atoms with Crippen molar-refractivity contribution in [1.82, 2.24) is 14.9 Å². The zero-order valence-electron chi connectivity index (χ0n) is 9.98. The summed E-state index contributed by atoms with van der Waals surface area (Å²) in [5.74, 6) is 4.72. The lowest BCUT2D eigenvalue weighted by Crippen LogP contribution is -2.28. The second kappa shape index (κ2) is 6.30. The van der Waals surface area contributed by atoms with Crippen LogP contribution in [0.5, 0.6) is 0 Å². The van der Waals surface area contributed by atoms with Gasteiger partial charge in [-0.2, -0.15) is 11.8 Å². The molecule has 4 heteroatoms. The Hall–Kier alpha value is -0.480. The first kappa shape index (κ1) is 12.0. The number of thioether (sulfide) groups is 1. The molecule has 0 aromatic carbocycles.